The van der Waals surface area contributed by atoms with Gasteiger partial charge in [-0.15, -0.1) is 0 Å². The van der Waals surface area contributed by atoms with E-state index in [1.54, 1.807) is 0 Å². The number of ether oxygens (including phenoxy) is 1. The maximum Gasteiger partial charge on any atom is 0.120 e. The van der Waals surface area contributed by atoms with E-state index in [2.05, 4.69) is 4.90 Å². The molecule has 0 atom stereocenters. The minimum atomic E-state index is 0.369. The zero-order valence-corrected chi connectivity index (χ0v) is 8.36. The molecule has 1 aliphatic heterocycles. The van der Waals surface area contributed by atoms with E-state index in [0.29, 0.717) is 5.75 Å². The van der Waals surface area contributed by atoms with Crippen LogP contribution in [0.3, 0.4) is 0 Å². The number of benzene rings is 1. The lowest BCUT2D eigenvalue weighted by atomic mass is 10.2. The average molecular weight is 193 g/mol. The first kappa shape index (κ1) is 9.34. The fourth-order valence-electron chi connectivity index (χ4n) is 1.62. The number of anilines is 1. The number of aryl methyl sites for hydroxylation is 1. The number of hydrogen-bond donors (Lipinski definition) is 1. The van der Waals surface area contributed by atoms with Crippen LogP contribution in [0.2, 0.25) is 0 Å². The predicted octanol–water partition coefficient (Wildman–Crippen LogP) is 1.54. The molecule has 76 valence electrons. The number of nitrogens with zero attached hydrogens (tertiary/aromatic N) is 1. The topological polar surface area (TPSA) is 32.7 Å². The van der Waals surface area contributed by atoms with E-state index < -0.39 is 0 Å². The van der Waals surface area contributed by atoms with Crippen molar-refractivity contribution in [2.45, 2.75) is 6.92 Å². The number of phenols is 1. The Hall–Kier alpha value is -1.22. The van der Waals surface area contributed by atoms with Crippen LogP contribution in [0.4, 0.5) is 5.69 Å². The van der Waals surface area contributed by atoms with Crippen LogP contribution in [0.15, 0.2) is 18.2 Å². The molecule has 0 aromatic heterocycles. The molecule has 1 aliphatic rings. The fraction of sp³-hybridized carbons (Fsp3) is 0.455. The Bertz CT molecular complexity index is 319. The van der Waals surface area contributed by atoms with Gasteiger partial charge in [-0.2, -0.15) is 0 Å². The first-order valence-corrected chi connectivity index (χ1v) is 4.90. The molecule has 1 N–H and O–H groups in total. The molecule has 0 saturated carbocycles. The molecule has 0 spiro atoms. The van der Waals surface area contributed by atoms with Gasteiger partial charge in [0.1, 0.15) is 5.75 Å². The van der Waals surface area contributed by atoms with E-state index in [1.807, 2.05) is 25.1 Å². The van der Waals surface area contributed by atoms with Crippen LogP contribution >= 0.6 is 0 Å². The molecule has 14 heavy (non-hydrogen) atoms. The lowest BCUT2D eigenvalue weighted by molar-refractivity contribution is 0.122. The minimum absolute atomic E-state index is 0.369. The molecule has 2 rings (SSSR count). The Morgan fingerprint density at radius 3 is 2.64 bits per heavy atom. The Morgan fingerprint density at radius 1 is 1.29 bits per heavy atom. The molecular formula is C11H15NO2. The van der Waals surface area contributed by atoms with Gasteiger partial charge in [0.25, 0.3) is 0 Å². The molecule has 1 aromatic carbocycles. The van der Waals surface area contributed by atoms with Gasteiger partial charge in [0.05, 0.1) is 13.2 Å². The van der Waals surface area contributed by atoms with E-state index in [9.17, 15) is 5.11 Å². The van der Waals surface area contributed by atoms with Crippen molar-refractivity contribution in [3.63, 3.8) is 0 Å². The van der Waals surface area contributed by atoms with E-state index in [4.69, 9.17) is 4.74 Å². The Kier molecular flexibility index (Phi) is 2.59. The second kappa shape index (κ2) is 3.88. The van der Waals surface area contributed by atoms with Crippen molar-refractivity contribution in [2.75, 3.05) is 31.2 Å². The van der Waals surface area contributed by atoms with Gasteiger partial charge < -0.3 is 14.7 Å². The van der Waals surface area contributed by atoms with Gasteiger partial charge in [-0.25, -0.2) is 0 Å². The highest BCUT2D eigenvalue weighted by Gasteiger charge is 2.11. The van der Waals surface area contributed by atoms with Gasteiger partial charge in [-0.3, -0.25) is 0 Å². The summed E-state index contributed by atoms with van der Waals surface area (Å²) in [5.41, 5.74) is 2.00. The van der Waals surface area contributed by atoms with E-state index in [-0.39, 0.29) is 0 Å². The van der Waals surface area contributed by atoms with Crippen LogP contribution in [0.1, 0.15) is 5.56 Å². The van der Waals surface area contributed by atoms with E-state index >= 15 is 0 Å². The monoisotopic (exact) mass is 193 g/mol. The summed E-state index contributed by atoms with van der Waals surface area (Å²) in [7, 11) is 0. The van der Waals surface area contributed by atoms with E-state index in [0.717, 1.165) is 37.6 Å². The standard InChI is InChI=1S/C11H15NO2/c1-9-2-3-10(8-11(9)13)12-4-6-14-7-5-12/h2-3,8,13H,4-7H2,1H3. The summed E-state index contributed by atoms with van der Waals surface area (Å²) in [4.78, 5) is 2.22. The molecule has 1 saturated heterocycles. The van der Waals surface area contributed by atoms with Crippen molar-refractivity contribution in [3.05, 3.63) is 23.8 Å². The second-order valence-corrected chi connectivity index (χ2v) is 3.57. The number of rotatable bonds is 1. The van der Waals surface area contributed by atoms with E-state index in [1.165, 1.54) is 0 Å². The number of phenolic OH excluding ortho intramolecular Hbond substituents is 1. The highest BCUT2D eigenvalue weighted by Crippen LogP contribution is 2.24. The summed E-state index contributed by atoms with van der Waals surface area (Å²) in [5.74, 6) is 0.369. The third-order valence-corrected chi connectivity index (χ3v) is 2.57. The molecule has 0 amide bonds. The quantitative estimate of drug-likeness (QED) is 0.734. The molecule has 1 fully saturated rings. The fourth-order valence-corrected chi connectivity index (χ4v) is 1.62. The average Bonchev–Trinajstić information content (AvgIpc) is 2.23. The van der Waals surface area contributed by atoms with Gasteiger partial charge in [0, 0.05) is 24.8 Å². The molecular weight excluding hydrogens is 178 g/mol. The molecule has 0 bridgehead atoms. The Morgan fingerprint density at radius 2 is 2.00 bits per heavy atom. The normalized spacial score (nSPS) is 17.1. The maximum atomic E-state index is 9.57. The summed E-state index contributed by atoms with van der Waals surface area (Å²) in [6.45, 7) is 5.26. The molecule has 1 aromatic rings. The molecule has 0 unspecified atom stereocenters. The highest BCUT2D eigenvalue weighted by molar-refractivity contribution is 5.53. The molecule has 1 heterocycles. The lowest BCUT2D eigenvalue weighted by Gasteiger charge is -2.29. The van der Waals surface area contributed by atoms with Crippen LogP contribution in [0.25, 0.3) is 0 Å². The number of morpholine rings is 1. The second-order valence-electron chi connectivity index (χ2n) is 3.57. The van der Waals surface area contributed by atoms with Crippen LogP contribution in [0.5, 0.6) is 5.75 Å². The van der Waals surface area contributed by atoms with Gasteiger partial charge in [0.15, 0.2) is 0 Å². The SMILES string of the molecule is Cc1ccc(N2CCOCC2)cc1O. The summed E-state index contributed by atoms with van der Waals surface area (Å²) in [6.07, 6.45) is 0. The first-order valence-electron chi connectivity index (χ1n) is 4.90. The Balaban J connectivity index is 2.18. The summed E-state index contributed by atoms with van der Waals surface area (Å²) in [5, 5.41) is 9.57. The largest absolute Gasteiger partial charge is 0.508 e. The van der Waals surface area contributed by atoms with Crippen molar-refractivity contribution in [1.82, 2.24) is 0 Å². The van der Waals surface area contributed by atoms with Gasteiger partial charge >= 0.3 is 0 Å². The van der Waals surface area contributed by atoms with Crippen molar-refractivity contribution in [1.29, 1.82) is 0 Å². The van der Waals surface area contributed by atoms with Crippen LogP contribution < -0.4 is 4.90 Å². The van der Waals surface area contributed by atoms with Crippen molar-refractivity contribution < 1.29 is 9.84 Å². The number of aromatic hydroxyl groups is 1. The Labute approximate surface area is 83.9 Å². The summed E-state index contributed by atoms with van der Waals surface area (Å²) >= 11 is 0. The zero-order valence-electron chi connectivity index (χ0n) is 8.36. The number of hydrogen-bond acceptors (Lipinski definition) is 3. The minimum Gasteiger partial charge on any atom is -0.508 e. The highest BCUT2D eigenvalue weighted by atomic mass is 16.5. The van der Waals surface area contributed by atoms with Gasteiger partial charge in [0.2, 0.25) is 0 Å². The summed E-state index contributed by atoms with van der Waals surface area (Å²) in [6, 6.07) is 5.81. The molecule has 0 radical (unpaired) electrons. The van der Waals surface area contributed by atoms with Crippen molar-refractivity contribution in [3.8, 4) is 5.75 Å². The zero-order chi connectivity index (χ0) is 9.97. The van der Waals surface area contributed by atoms with Crippen LogP contribution in [0, 0.1) is 6.92 Å². The maximum absolute atomic E-state index is 9.57. The summed E-state index contributed by atoms with van der Waals surface area (Å²) < 4.78 is 5.27. The van der Waals surface area contributed by atoms with Crippen LogP contribution in [-0.2, 0) is 4.74 Å². The smallest absolute Gasteiger partial charge is 0.120 e. The predicted molar refractivity (Wildman–Crippen MR) is 55.9 cm³/mol. The lowest BCUT2D eigenvalue weighted by Crippen LogP contribution is -2.36. The van der Waals surface area contributed by atoms with Crippen molar-refractivity contribution in [2.24, 2.45) is 0 Å². The molecule has 3 heteroatoms. The first-order chi connectivity index (χ1) is 6.77. The molecule has 0 aliphatic carbocycles. The third-order valence-electron chi connectivity index (χ3n) is 2.57. The molecule has 3 nitrogen and oxygen atoms in total. The van der Waals surface area contributed by atoms with Gasteiger partial charge in [-0.1, -0.05) is 6.07 Å². The van der Waals surface area contributed by atoms with Gasteiger partial charge in [-0.05, 0) is 18.6 Å². The van der Waals surface area contributed by atoms with Crippen molar-refractivity contribution >= 4 is 5.69 Å². The van der Waals surface area contributed by atoms with Crippen LogP contribution in [-0.4, -0.2) is 31.4 Å². The third kappa shape index (κ3) is 1.82.